The Hall–Kier alpha value is -7.65. The van der Waals surface area contributed by atoms with Crippen LogP contribution in [0.2, 0.25) is 0 Å². The zero-order chi connectivity index (χ0) is 64.9. The van der Waals surface area contributed by atoms with Crippen molar-refractivity contribution in [3.05, 3.63) is 99.4 Å². The third-order valence-electron chi connectivity index (χ3n) is 18.1. The van der Waals surface area contributed by atoms with Crippen LogP contribution in [0, 0.1) is 11.8 Å². The fraction of sp³-hybridized carbons (Fsp3) is 0.508. The van der Waals surface area contributed by atoms with Crippen molar-refractivity contribution in [3.63, 3.8) is 0 Å². The summed E-state index contributed by atoms with van der Waals surface area (Å²) < 4.78 is 69.1. The average molecular weight is 1290 g/mol. The number of hydrogen-bond acceptors (Lipinski definition) is 14. The second-order valence-electron chi connectivity index (χ2n) is 25.2. The van der Waals surface area contributed by atoms with E-state index in [2.05, 4.69) is 46.9 Å². The Morgan fingerprint density at radius 1 is 0.789 bits per heavy atom. The number of alkyl halides is 4. The van der Waals surface area contributed by atoms with Crippen molar-refractivity contribution in [2.24, 2.45) is 17.6 Å². The lowest BCUT2D eigenvalue weighted by molar-refractivity contribution is -0.145. The van der Waals surface area contributed by atoms with Gasteiger partial charge in [-0.2, -0.15) is 8.78 Å². The van der Waals surface area contributed by atoms with Crippen LogP contribution < -0.4 is 31.9 Å². The molecule has 6 aliphatic rings. The molecule has 0 spiro atoms. The third-order valence-corrected chi connectivity index (χ3v) is 20.2. The molecular weight excluding hydrogens is 1220 g/mol. The standard InChI is InChI=1S/C61H71F4N10O13PS/c1-60(2,3)36-6-4-32(5-7-36)24-43(58(84)73-28-35(29-73)33-18-22-72(23-19-33)39-9-11-40-41(27-39)57(83)75(56(40)82)46-14-17-51(77)70-54(46)80)68-52(78)42(12-16-50(66)76)67-53(79)45-13-10-38-20-21-71(31-49(62)63)30-44(59(85)74(38)45)69-55(81)48-26-34-25-37(8-15-47(34)90-48)61(64,65)89(86,87)88/h4-9,11,15,25-27,33,35,38,42-46,49H,10,12-14,16-24,28-31H2,1-3H3,(H2,66,76)(H,67,79)(H,68,78)(H,69,81)(H,70,77,80)(H2,86,87,88)/t38-,42+,43+,44+,45+,46?/m1/s1. The number of nitrogens with two attached hydrogens (primary N) is 1. The molecule has 90 heavy (non-hydrogen) atoms. The molecule has 6 aliphatic heterocycles. The molecule has 3 aromatic carbocycles. The number of carbonyl (C=O) groups excluding carboxylic acids is 10. The molecule has 7 heterocycles. The molecule has 6 atom stereocenters. The van der Waals surface area contributed by atoms with Crippen LogP contribution in [0.5, 0.6) is 0 Å². The number of piperidine rings is 2. The normalized spacial score (nSPS) is 22.2. The van der Waals surface area contributed by atoms with E-state index < -0.39 is 128 Å². The number of likely N-dealkylation sites (tertiary alicyclic amines) is 1. The van der Waals surface area contributed by atoms with Crippen LogP contribution in [0.25, 0.3) is 10.1 Å². The molecule has 10 amide bonds. The largest absolute Gasteiger partial charge is 0.399 e. The van der Waals surface area contributed by atoms with Crippen molar-refractivity contribution in [1.82, 2.24) is 40.9 Å². The minimum absolute atomic E-state index is 0.00221. The monoisotopic (exact) mass is 1290 g/mol. The summed E-state index contributed by atoms with van der Waals surface area (Å²) >= 11 is 0.810. The molecule has 0 bridgehead atoms. The first-order chi connectivity index (χ1) is 42.4. The molecule has 0 saturated carbocycles. The zero-order valence-corrected chi connectivity index (χ0v) is 51.3. The van der Waals surface area contributed by atoms with Crippen molar-refractivity contribution in [3.8, 4) is 0 Å². The maximum absolute atomic E-state index is 14.8. The molecule has 5 saturated heterocycles. The Bertz CT molecular complexity index is 3590. The van der Waals surface area contributed by atoms with Gasteiger partial charge in [0.1, 0.15) is 30.2 Å². The summed E-state index contributed by atoms with van der Waals surface area (Å²) in [5.74, 6) is -6.58. The highest BCUT2D eigenvalue weighted by Crippen LogP contribution is 2.59. The zero-order valence-electron chi connectivity index (χ0n) is 49.6. The lowest BCUT2D eigenvalue weighted by Gasteiger charge is -2.47. The average Bonchev–Trinajstić information content (AvgIpc) is 1.57. The number of fused-ring (bicyclic) bond motifs is 3. The SMILES string of the molecule is CC(C)(C)c1ccc(C[C@H](NC(=O)[C@H](CCC(N)=O)NC(=O)[C@@H]2CC[C@@H]3CCN(CC(F)F)C[C@H](NC(=O)c4cc5cc(C(F)(F)P(=O)(O)O)ccc5s4)C(=O)N32)C(=O)N2CC(C3CCN(c4ccc5c(c4)C(=O)N(C4CCC(=O)NC4=O)C5=O)CC3)C2)cc1. The van der Waals surface area contributed by atoms with Crippen molar-refractivity contribution in [1.29, 1.82) is 0 Å². The van der Waals surface area contributed by atoms with E-state index >= 15 is 0 Å². The van der Waals surface area contributed by atoms with Crippen molar-refractivity contribution in [2.45, 2.75) is 139 Å². The molecule has 29 heteroatoms. The number of halogens is 4. The Kier molecular flexibility index (Phi) is 18.8. The van der Waals surface area contributed by atoms with Gasteiger partial charge in [-0.15, -0.1) is 11.3 Å². The Morgan fingerprint density at radius 2 is 1.48 bits per heavy atom. The Morgan fingerprint density at radius 3 is 2.13 bits per heavy atom. The van der Waals surface area contributed by atoms with Gasteiger partial charge in [0.15, 0.2) is 0 Å². The van der Waals surface area contributed by atoms with Crippen LogP contribution in [0.3, 0.4) is 0 Å². The number of nitrogens with one attached hydrogen (secondary N) is 4. The molecule has 8 N–H and O–H groups in total. The van der Waals surface area contributed by atoms with Crippen molar-refractivity contribution >= 4 is 93.8 Å². The van der Waals surface area contributed by atoms with Gasteiger partial charge in [0.2, 0.25) is 41.4 Å². The number of primary amides is 1. The number of thiophene rings is 1. The Balaban J connectivity index is 0.813. The first-order valence-electron chi connectivity index (χ1n) is 29.9. The van der Waals surface area contributed by atoms with Gasteiger partial charge in [0.05, 0.1) is 22.5 Å². The van der Waals surface area contributed by atoms with E-state index in [-0.39, 0.29) is 107 Å². The highest BCUT2D eigenvalue weighted by atomic mass is 32.1. The van der Waals surface area contributed by atoms with Crippen LogP contribution in [0.15, 0.2) is 66.7 Å². The van der Waals surface area contributed by atoms with E-state index in [0.717, 1.165) is 64.1 Å². The van der Waals surface area contributed by atoms with Gasteiger partial charge >= 0.3 is 13.3 Å². The first-order valence-corrected chi connectivity index (χ1v) is 32.4. The number of nitrogens with zero attached hydrogens (tertiary/aromatic N) is 5. The lowest BCUT2D eigenvalue weighted by Crippen LogP contribution is -2.63. The third kappa shape index (κ3) is 13.8. The van der Waals surface area contributed by atoms with Gasteiger partial charge in [-0.1, -0.05) is 51.1 Å². The molecule has 0 radical (unpaired) electrons. The van der Waals surface area contributed by atoms with Crippen LogP contribution in [0.1, 0.15) is 126 Å². The lowest BCUT2D eigenvalue weighted by atomic mass is 9.79. The van der Waals surface area contributed by atoms with E-state index in [1.807, 2.05) is 24.3 Å². The van der Waals surface area contributed by atoms with Gasteiger partial charge < -0.3 is 46.2 Å². The molecule has 1 unspecified atom stereocenters. The predicted octanol–water partition coefficient (Wildman–Crippen LogP) is 4.11. The van der Waals surface area contributed by atoms with E-state index in [1.165, 1.54) is 15.9 Å². The van der Waals surface area contributed by atoms with Crippen LogP contribution >= 0.6 is 18.9 Å². The van der Waals surface area contributed by atoms with E-state index in [1.54, 1.807) is 23.1 Å². The fourth-order valence-electron chi connectivity index (χ4n) is 13.1. The molecule has 0 aliphatic carbocycles. The molecule has 482 valence electrons. The van der Waals surface area contributed by atoms with Crippen molar-refractivity contribution in [2.75, 3.05) is 50.7 Å². The van der Waals surface area contributed by atoms with E-state index in [4.69, 9.17) is 5.73 Å². The number of benzene rings is 3. The number of amides is 10. The predicted molar refractivity (Wildman–Crippen MR) is 319 cm³/mol. The molecule has 4 aromatic rings. The molecule has 5 fully saturated rings. The van der Waals surface area contributed by atoms with Crippen LogP contribution in [0.4, 0.5) is 23.2 Å². The van der Waals surface area contributed by atoms with Gasteiger partial charge in [-0.25, -0.2) is 8.78 Å². The van der Waals surface area contributed by atoms with Gasteiger partial charge in [-0.05, 0) is 115 Å². The highest BCUT2D eigenvalue weighted by Gasteiger charge is 2.51. The maximum Gasteiger partial charge on any atom is 0.399 e. The van der Waals surface area contributed by atoms with Gasteiger partial charge in [0.25, 0.3) is 24.1 Å². The van der Waals surface area contributed by atoms with Gasteiger partial charge in [0, 0.05) is 80.5 Å². The summed E-state index contributed by atoms with van der Waals surface area (Å²) in [4.78, 5) is 162. The number of rotatable bonds is 19. The summed E-state index contributed by atoms with van der Waals surface area (Å²) in [5, 5.41) is 10.4. The van der Waals surface area contributed by atoms with Crippen molar-refractivity contribution < 1.29 is 79.9 Å². The smallest absolute Gasteiger partial charge is 0.371 e. The number of carbonyl (C=O) groups is 10. The summed E-state index contributed by atoms with van der Waals surface area (Å²) in [6.45, 7) is 6.98. The van der Waals surface area contributed by atoms with E-state index in [9.17, 15) is 79.9 Å². The van der Waals surface area contributed by atoms with Gasteiger partial charge in [-0.3, -0.25) is 67.6 Å². The fourth-order valence-corrected chi connectivity index (χ4v) is 14.5. The Labute approximate surface area is 518 Å². The summed E-state index contributed by atoms with van der Waals surface area (Å²) in [7, 11) is -5.94. The number of hydrogen-bond donors (Lipinski definition) is 7. The highest BCUT2D eigenvalue weighted by molar-refractivity contribution is 7.52. The van der Waals surface area contributed by atoms with Crippen LogP contribution in [-0.2, 0) is 55.6 Å². The molecule has 10 rings (SSSR count). The first kappa shape index (κ1) is 65.3. The molecule has 1 aromatic heterocycles. The number of imide groups is 2. The quantitative estimate of drug-likeness (QED) is 0.0395. The second kappa shape index (κ2) is 25.9. The summed E-state index contributed by atoms with van der Waals surface area (Å²) in [5.41, 5.74) is 2.66. The second-order valence-corrected chi connectivity index (χ2v) is 27.9. The number of anilines is 1. The topological polar surface area (TPSA) is 319 Å². The molecular formula is C61H71F4N10O13PS. The molecule has 23 nitrogen and oxygen atoms in total. The maximum atomic E-state index is 14.8. The minimum Gasteiger partial charge on any atom is -0.371 e. The van der Waals surface area contributed by atoms with E-state index in [0.29, 0.717) is 26.2 Å². The summed E-state index contributed by atoms with van der Waals surface area (Å²) in [6.07, 6.45) is -1.52. The van der Waals surface area contributed by atoms with Crippen LogP contribution in [-0.4, -0.2) is 177 Å². The minimum atomic E-state index is -5.94. The summed E-state index contributed by atoms with van der Waals surface area (Å²) in [6, 6.07) is 9.35.